The summed E-state index contributed by atoms with van der Waals surface area (Å²) in [6.07, 6.45) is 0. The molecule has 0 N–H and O–H groups in total. The molecule has 3 aromatic rings. The summed E-state index contributed by atoms with van der Waals surface area (Å²) in [5.74, 6) is 0. The minimum Gasteiger partial charge on any atom is -0.0626 e. The molecule has 0 saturated carbocycles. The van der Waals surface area contributed by atoms with Crippen LogP contribution in [0, 0.1) is 0 Å². The Morgan fingerprint density at radius 3 is 0.900 bits per heavy atom. The average molecular weight is 278 g/mol. The van der Waals surface area contributed by atoms with Gasteiger partial charge in [-0.2, -0.15) is 0 Å². The summed E-state index contributed by atoms with van der Waals surface area (Å²) in [4.78, 5) is 4.08. The van der Waals surface area contributed by atoms with E-state index in [1.165, 1.54) is 14.7 Å². The molecule has 3 rings (SSSR count). The second-order valence-corrected chi connectivity index (χ2v) is 6.27. The fourth-order valence-corrected chi connectivity index (χ4v) is 4.18. The molecule has 0 radical (unpaired) electrons. The lowest BCUT2D eigenvalue weighted by Gasteiger charge is -2.07. The quantitative estimate of drug-likeness (QED) is 0.509. The van der Waals surface area contributed by atoms with E-state index in [0.717, 1.165) is 0 Å². The molecule has 3 aromatic carbocycles. The van der Waals surface area contributed by atoms with Crippen molar-refractivity contribution in [1.82, 2.24) is 0 Å². The van der Waals surface area contributed by atoms with Crippen molar-refractivity contribution in [2.45, 2.75) is 14.7 Å². The van der Waals surface area contributed by atoms with Crippen LogP contribution in [-0.4, -0.2) is 8.41 Å². The molecule has 0 bridgehead atoms. The van der Waals surface area contributed by atoms with Crippen molar-refractivity contribution < 1.29 is 0 Å². The Labute approximate surface area is 125 Å². The normalized spacial score (nSPS) is 10.1. The van der Waals surface area contributed by atoms with Crippen LogP contribution in [0.15, 0.2) is 106 Å². The van der Waals surface area contributed by atoms with Crippen LogP contribution in [0.3, 0.4) is 0 Å². The molecule has 2 heteroatoms. The first-order valence-electron chi connectivity index (χ1n) is 6.34. The molecule has 0 aromatic heterocycles. The third-order valence-corrected chi connectivity index (χ3v) is 5.17. The summed E-state index contributed by atoms with van der Waals surface area (Å²) in [6.45, 7) is 0. The Bertz CT molecular complexity index is 529. The lowest BCUT2D eigenvalue weighted by atomic mass is 10.4. The zero-order valence-corrected chi connectivity index (χ0v) is 11.4. The molecule has 0 heterocycles. The van der Waals surface area contributed by atoms with E-state index < -0.39 is 0 Å². The second-order valence-electron chi connectivity index (χ2n) is 4.25. The van der Waals surface area contributed by atoms with Crippen LogP contribution in [-0.2, 0) is 10.9 Å². The third-order valence-electron chi connectivity index (χ3n) is 2.94. The summed E-state index contributed by atoms with van der Waals surface area (Å²) in [5.41, 5.74) is 0. The zero-order valence-electron chi connectivity index (χ0n) is 10.6. The van der Waals surface area contributed by atoms with Crippen LogP contribution in [0.25, 0.3) is 0 Å². The predicted molar refractivity (Wildman–Crippen MR) is 92.8 cm³/mol. The van der Waals surface area contributed by atoms with Crippen molar-refractivity contribution in [1.29, 1.82) is 0 Å². The predicted octanol–water partition coefficient (Wildman–Crippen LogP) is 3.33. The minimum atomic E-state index is -0.0146. The summed E-state index contributed by atoms with van der Waals surface area (Å²) < 4.78 is 0. The minimum absolute atomic E-state index is 0. The maximum Gasteiger partial charge on any atom is 0.166 e. The Hall–Kier alpha value is -1.93. The first-order chi connectivity index (χ1) is 9.45. The van der Waals surface area contributed by atoms with E-state index in [4.69, 9.17) is 0 Å². The molecule has 20 heavy (non-hydrogen) atoms. The van der Waals surface area contributed by atoms with E-state index in [-0.39, 0.29) is 19.3 Å². The van der Waals surface area contributed by atoms with E-state index in [2.05, 4.69) is 91.0 Å². The van der Waals surface area contributed by atoms with Crippen LogP contribution in [0.1, 0.15) is 0 Å². The molecule has 0 fully saturated rings. The van der Waals surface area contributed by atoms with Crippen molar-refractivity contribution in [2.24, 2.45) is 0 Å². The molecule has 0 amide bonds. The highest BCUT2D eigenvalue weighted by atomic mass is 32.2. The van der Waals surface area contributed by atoms with Crippen molar-refractivity contribution in [3.63, 3.8) is 0 Å². The average Bonchev–Trinajstić information content (AvgIpc) is 2.51. The van der Waals surface area contributed by atoms with Crippen LogP contribution >= 0.6 is 0 Å². The first-order valence-corrected chi connectivity index (χ1v) is 7.57. The Morgan fingerprint density at radius 2 is 0.650 bits per heavy atom. The Kier molecular flexibility index (Phi) is 5.08. The SMILES string of the molecule is [BH4-].c1ccc([S+](c2ccccc2)c2ccccc2)cc1. The van der Waals surface area contributed by atoms with Crippen molar-refractivity contribution >= 4 is 19.3 Å². The zero-order chi connectivity index (χ0) is 12.9. The van der Waals surface area contributed by atoms with E-state index in [1.807, 2.05) is 0 Å². The summed E-state index contributed by atoms with van der Waals surface area (Å²) in [6, 6.07) is 32.2. The molecule has 0 aliphatic carbocycles. The van der Waals surface area contributed by atoms with Gasteiger partial charge in [0.25, 0.3) is 0 Å². The molecule has 0 atom stereocenters. The van der Waals surface area contributed by atoms with E-state index >= 15 is 0 Å². The number of rotatable bonds is 3. The lowest BCUT2D eigenvalue weighted by molar-refractivity contribution is 1.32. The fourth-order valence-electron chi connectivity index (χ4n) is 2.08. The van der Waals surface area contributed by atoms with Crippen LogP contribution in [0.4, 0.5) is 0 Å². The van der Waals surface area contributed by atoms with Gasteiger partial charge in [-0.3, -0.25) is 0 Å². The smallest absolute Gasteiger partial charge is 0.0626 e. The molecule has 100 valence electrons. The Balaban J connectivity index is 0.00000147. The number of hydrogen-bond donors (Lipinski definition) is 0. The molecule has 0 spiro atoms. The van der Waals surface area contributed by atoms with Gasteiger partial charge in [-0.05, 0) is 36.4 Å². The topological polar surface area (TPSA) is 0 Å². The van der Waals surface area contributed by atoms with Gasteiger partial charge in [0, 0.05) is 0 Å². The van der Waals surface area contributed by atoms with Crippen LogP contribution in [0.2, 0.25) is 0 Å². The van der Waals surface area contributed by atoms with Crippen LogP contribution in [0.5, 0.6) is 0 Å². The van der Waals surface area contributed by atoms with Gasteiger partial charge < -0.3 is 0 Å². The molecule has 0 saturated heterocycles. The maximum absolute atomic E-state index is 2.21. The molecule has 0 nitrogen and oxygen atoms in total. The summed E-state index contributed by atoms with van der Waals surface area (Å²) in [5, 5.41) is 0. The molecule has 0 aliphatic heterocycles. The van der Waals surface area contributed by atoms with Gasteiger partial charge in [0.15, 0.2) is 14.7 Å². The van der Waals surface area contributed by atoms with Crippen molar-refractivity contribution in [3.05, 3.63) is 91.0 Å². The first kappa shape index (κ1) is 14.5. The highest BCUT2D eigenvalue weighted by molar-refractivity contribution is 7.97. The Morgan fingerprint density at radius 1 is 0.400 bits per heavy atom. The third kappa shape index (κ3) is 3.15. The van der Waals surface area contributed by atoms with Crippen molar-refractivity contribution in [2.75, 3.05) is 0 Å². The standard InChI is InChI=1S/C18H15S.BH4/c1-4-10-16(11-5-1)19(17-12-6-2-7-13-17)18-14-8-3-9-15-18;/h1-15H;1H4/q+1;-1. The number of benzene rings is 3. The van der Waals surface area contributed by atoms with Gasteiger partial charge in [-0.25, -0.2) is 0 Å². The van der Waals surface area contributed by atoms with Gasteiger partial charge in [0.1, 0.15) is 0 Å². The van der Waals surface area contributed by atoms with Gasteiger partial charge in [0.05, 0.1) is 10.9 Å². The highest BCUT2D eigenvalue weighted by Crippen LogP contribution is 2.30. The highest BCUT2D eigenvalue weighted by Gasteiger charge is 2.27. The lowest BCUT2D eigenvalue weighted by Crippen LogP contribution is -2.04. The molecule has 0 unspecified atom stereocenters. The van der Waals surface area contributed by atoms with Gasteiger partial charge >= 0.3 is 0 Å². The maximum atomic E-state index is 2.21. The molecular weight excluding hydrogens is 259 g/mol. The molecular formula is C18H19BS. The monoisotopic (exact) mass is 278 g/mol. The summed E-state index contributed by atoms with van der Waals surface area (Å²) >= 11 is 0. The van der Waals surface area contributed by atoms with Gasteiger partial charge in [-0.15, -0.1) is 0 Å². The summed E-state index contributed by atoms with van der Waals surface area (Å²) in [7, 11) is -0.0146. The molecule has 0 aliphatic rings. The van der Waals surface area contributed by atoms with E-state index in [1.54, 1.807) is 0 Å². The largest absolute Gasteiger partial charge is 0.166 e. The number of hydrogen-bond acceptors (Lipinski definition) is 0. The van der Waals surface area contributed by atoms with Crippen molar-refractivity contribution in [3.8, 4) is 0 Å². The van der Waals surface area contributed by atoms with Gasteiger partial charge in [-0.1, -0.05) is 63.0 Å². The second kappa shape index (κ2) is 7.02. The van der Waals surface area contributed by atoms with Gasteiger partial charge in [0.2, 0.25) is 0 Å². The fraction of sp³-hybridized carbons (Fsp3) is 0. The van der Waals surface area contributed by atoms with E-state index in [0.29, 0.717) is 0 Å². The van der Waals surface area contributed by atoms with Crippen LogP contribution < -0.4 is 0 Å². The van der Waals surface area contributed by atoms with E-state index in [9.17, 15) is 0 Å².